The molecule has 0 unspecified atom stereocenters. The van der Waals surface area contributed by atoms with Crippen LogP contribution in [0.25, 0.3) is 22.6 Å². The highest BCUT2D eigenvalue weighted by molar-refractivity contribution is 5.81. The summed E-state index contributed by atoms with van der Waals surface area (Å²) >= 11 is 0. The first-order chi connectivity index (χ1) is 12.8. The Bertz CT molecular complexity index is 1060. The van der Waals surface area contributed by atoms with Crippen LogP contribution < -0.4 is 0 Å². The smallest absolute Gasteiger partial charge is 0.242 e. The molecule has 0 radical (unpaired) electrons. The second-order valence-corrected chi connectivity index (χ2v) is 6.29. The van der Waals surface area contributed by atoms with E-state index in [2.05, 4.69) is 15.1 Å². The van der Waals surface area contributed by atoms with Gasteiger partial charge in [-0.15, -0.1) is 0 Å². The number of rotatable bonds is 4. The molecule has 4 aromatic rings. The van der Waals surface area contributed by atoms with E-state index in [-0.39, 0.29) is 18.4 Å². The topological polar surface area (TPSA) is 90.2 Å². The lowest BCUT2D eigenvalue weighted by molar-refractivity contribution is -0.136. The van der Waals surface area contributed by atoms with E-state index in [1.807, 2.05) is 28.8 Å². The lowest BCUT2D eigenvalue weighted by Crippen LogP contribution is -2.49. The zero-order chi connectivity index (χ0) is 17.5. The molecule has 0 bridgehead atoms. The van der Waals surface area contributed by atoms with E-state index in [9.17, 15) is 4.79 Å². The van der Waals surface area contributed by atoms with Crippen LogP contribution in [0.3, 0.4) is 0 Å². The molecule has 3 aromatic heterocycles. The van der Waals surface area contributed by atoms with Crippen molar-refractivity contribution < 1.29 is 13.7 Å². The minimum absolute atomic E-state index is 0.0511. The Labute approximate surface area is 148 Å². The lowest BCUT2D eigenvalue weighted by Gasteiger charge is -2.37. The van der Waals surface area contributed by atoms with Crippen molar-refractivity contribution >= 4 is 16.9 Å². The summed E-state index contributed by atoms with van der Waals surface area (Å²) in [5, 5.41) is 3.93. The van der Waals surface area contributed by atoms with E-state index < -0.39 is 0 Å². The molecule has 8 heteroatoms. The molecular formula is C18H15N5O3. The van der Waals surface area contributed by atoms with E-state index in [4.69, 9.17) is 8.94 Å². The van der Waals surface area contributed by atoms with Crippen molar-refractivity contribution in [3.63, 3.8) is 0 Å². The van der Waals surface area contributed by atoms with Crippen LogP contribution in [0.2, 0.25) is 0 Å². The fourth-order valence-electron chi connectivity index (χ4n) is 3.13. The summed E-state index contributed by atoms with van der Waals surface area (Å²) in [7, 11) is 0. The Morgan fingerprint density at radius 3 is 2.92 bits per heavy atom. The number of aromatic nitrogens is 4. The zero-order valence-electron chi connectivity index (χ0n) is 13.8. The van der Waals surface area contributed by atoms with E-state index in [0.717, 1.165) is 11.0 Å². The number of carbonyl (C=O) groups is 1. The number of nitrogens with zero attached hydrogens (tertiary/aromatic N) is 5. The summed E-state index contributed by atoms with van der Waals surface area (Å²) < 4.78 is 12.4. The molecule has 1 aliphatic heterocycles. The SMILES string of the molecule is O=C(Cn1cnc2ccccc21)N1CC(c2nc(-c3ccco3)no2)C1. The second kappa shape index (κ2) is 5.83. The maximum absolute atomic E-state index is 12.5. The molecule has 0 spiro atoms. The maximum Gasteiger partial charge on any atom is 0.242 e. The van der Waals surface area contributed by atoms with Crippen LogP contribution in [0, 0.1) is 0 Å². The number of hydrogen-bond donors (Lipinski definition) is 0. The molecule has 1 fully saturated rings. The minimum atomic E-state index is 0.0511. The molecule has 0 saturated carbocycles. The number of fused-ring (bicyclic) bond motifs is 1. The Morgan fingerprint density at radius 1 is 1.19 bits per heavy atom. The van der Waals surface area contributed by atoms with Crippen molar-refractivity contribution in [2.24, 2.45) is 0 Å². The Hall–Kier alpha value is -3.42. The van der Waals surface area contributed by atoms with Gasteiger partial charge in [-0.2, -0.15) is 4.98 Å². The average Bonchev–Trinajstić information content (AvgIpc) is 3.34. The Balaban J connectivity index is 1.23. The quantitative estimate of drug-likeness (QED) is 0.561. The van der Waals surface area contributed by atoms with Crippen LogP contribution >= 0.6 is 0 Å². The minimum Gasteiger partial charge on any atom is -0.461 e. The Kier molecular flexibility index (Phi) is 3.34. The molecule has 1 aromatic carbocycles. The van der Waals surface area contributed by atoms with Gasteiger partial charge in [-0.3, -0.25) is 4.79 Å². The number of hydrogen-bond acceptors (Lipinski definition) is 6. The summed E-state index contributed by atoms with van der Waals surface area (Å²) in [6.45, 7) is 1.42. The largest absolute Gasteiger partial charge is 0.461 e. The molecule has 1 amide bonds. The highest BCUT2D eigenvalue weighted by Gasteiger charge is 2.35. The summed E-state index contributed by atoms with van der Waals surface area (Å²) in [6.07, 6.45) is 3.27. The molecular weight excluding hydrogens is 334 g/mol. The van der Waals surface area contributed by atoms with Gasteiger partial charge >= 0.3 is 0 Å². The molecule has 5 rings (SSSR count). The maximum atomic E-state index is 12.5. The van der Waals surface area contributed by atoms with Gasteiger partial charge in [-0.1, -0.05) is 17.3 Å². The van der Waals surface area contributed by atoms with Crippen molar-refractivity contribution in [1.82, 2.24) is 24.6 Å². The fraction of sp³-hybridized carbons (Fsp3) is 0.222. The van der Waals surface area contributed by atoms with E-state index in [1.54, 1.807) is 29.6 Å². The first-order valence-corrected chi connectivity index (χ1v) is 8.33. The molecule has 0 atom stereocenters. The normalized spacial score (nSPS) is 14.7. The molecule has 8 nitrogen and oxygen atoms in total. The van der Waals surface area contributed by atoms with Crippen molar-refractivity contribution in [2.45, 2.75) is 12.5 Å². The standard InChI is InChI=1S/C18H15N5O3/c24-16(10-23-11-19-13-4-1-2-5-14(13)23)22-8-12(9-22)18-20-17(21-26-18)15-6-3-7-25-15/h1-7,11-12H,8-10H2. The average molecular weight is 349 g/mol. The van der Waals surface area contributed by atoms with Gasteiger partial charge in [0.1, 0.15) is 6.54 Å². The van der Waals surface area contributed by atoms with Crippen LogP contribution in [0.5, 0.6) is 0 Å². The number of amides is 1. The molecule has 1 saturated heterocycles. The molecule has 130 valence electrons. The molecule has 0 N–H and O–H groups in total. The van der Waals surface area contributed by atoms with Crippen molar-refractivity contribution in [1.29, 1.82) is 0 Å². The monoisotopic (exact) mass is 349 g/mol. The first-order valence-electron chi connectivity index (χ1n) is 8.33. The Morgan fingerprint density at radius 2 is 2.08 bits per heavy atom. The van der Waals surface area contributed by atoms with Gasteiger partial charge in [-0.25, -0.2) is 4.98 Å². The van der Waals surface area contributed by atoms with Crippen molar-refractivity contribution in [3.8, 4) is 11.6 Å². The van der Waals surface area contributed by atoms with E-state index in [0.29, 0.717) is 30.6 Å². The van der Waals surface area contributed by atoms with Gasteiger partial charge in [0.25, 0.3) is 0 Å². The van der Waals surface area contributed by atoms with Crippen LogP contribution in [-0.4, -0.2) is 43.6 Å². The number of benzene rings is 1. The molecule has 1 aliphatic rings. The van der Waals surface area contributed by atoms with Gasteiger partial charge < -0.3 is 18.4 Å². The summed E-state index contributed by atoms with van der Waals surface area (Å²) in [5.74, 6) is 1.65. The van der Waals surface area contributed by atoms with Gasteiger partial charge in [0.2, 0.25) is 17.6 Å². The number of carbonyl (C=O) groups excluding carboxylic acids is 1. The zero-order valence-corrected chi connectivity index (χ0v) is 13.8. The third-order valence-electron chi connectivity index (χ3n) is 4.60. The van der Waals surface area contributed by atoms with Crippen LogP contribution in [0.15, 0.2) is 57.9 Å². The highest BCUT2D eigenvalue weighted by Crippen LogP contribution is 2.28. The third-order valence-corrected chi connectivity index (χ3v) is 4.60. The number of likely N-dealkylation sites (tertiary alicyclic amines) is 1. The summed E-state index contributed by atoms with van der Waals surface area (Å²) in [4.78, 5) is 23.0. The van der Waals surface area contributed by atoms with Crippen LogP contribution in [0.1, 0.15) is 11.8 Å². The second-order valence-electron chi connectivity index (χ2n) is 6.29. The van der Waals surface area contributed by atoms with E-state index in [1.165, 1.54) is 0 Å². The van der Waals surface area contributed by atoms with Crippen molar-refractivity contribution in [3.05, 3.63) is 54.9 Å². The van der Waals surface area contributed by atoms with Gasteiger partial charge in [0, 0.05) is 13.1 Å². The number of para-hydroxylation sites is 2. The van der Waals surface area contributed by atoms with Gasteiger partial charge in [0.15, 0.2) is 5.76 Å². The van der Waals surface area contributed by atoms with Gasteiger partial charge in [-0.05, 0) is 24.3 Å². The fourth-order valence-corrected chi connectivity index (χ4v) is 3.13. The predicted molar refractivity (Wildman–Crippen MR) is 91.1 cm³/mol. The van der Waals surface area contributed by atoms with Crippen LogP contribution in [-0.2, 0) is 11.3 Å². The summed E-state index contributed by atoms with van der Waals surface area (Å²) in [5.41, 5.74) is 1.84. The number of imidazole rings is 1. The summed E-state index contributed by atoms with van der Waals surface area (Å²) in [6, 6.07) is 11.3. The molecule has 0 aliphatic carbocycles. The third kappa shape index (κ3) is 2.46. The molecule has 26 heavy (non-hydrogen) atoms. The molecule has 4 heterocycles. The lowest BCUT2D eigenvalue weighted by atomic mass is 10.00. The first kappa shape index (κ1) is 14.9. The van der Waals surface area contributed by atoms with Gasteiger partial charge in [0.05, 0.1) is 29.5 Å². The van der Waals surface area contributed by atoms with Crippen LogP contribution in [0.4, 0.5) is 0 Å². The number of furan rings is 1. The van der Waals surface area contributed by atoms with E-state index >= 15 is 0 Å². The predicted octanol–water partition coefficient (Wildman–Crippen LogP) is 2.31. The van der Waals surface area contributed by atoms with Crippen molar-refractivity contribution in [2.75, 3.05) is 13.1 Å². The highest BCUT2D eigenvalue weighted by atomic mass is 16.5.